The van der Waals surface area contributed by atoms with E-state index in [1.165, 1.54) is 31.2 Å². The fraction of sp³-hybridized carbons (Fsp3) is 0.111. The molecule has 2 heteroatoms. The fourth-order valence-corrected chi connectivity index (χ4v) is 11.5. The van der Waals surface area contributed by atoms with E-state index in [2.05, 4.69) is 153 Å². The molecule has 0 fully saturated rings. The summed E-state index contributed by atoms with van der Waals surface area (Å²) in [6.45, 7) is 2.19. The van der Waals surface area contributed by atoms with Gasteiger partial charge in [0.2, 0.25) is 0 Å². The number of aryl methyl sites for hydroxylation is 1. The molecule has 0 aromatic heterocycles. The molecule has 0 aliphatic heterocycles. The van der Waals surface area contributed by atoms with Crippen molar-refractivity contribution in [2.45, 2.75) is 24.7 Å². The third-order valence-corrected chi connectivity index (χ3v) is 13.1. The normalized spacial score (nSPS) is 16.5. The van der Waals surface area contributed by atoms with Gasteiger partial charge in [-0.05, 0) is 0 Å². The third-order valence-electron chi connectivity index (χ3n) is 7.41. The maximum absolute atomic E-state index is 2.38. The van der Waals surface area contributed by atoms with E-state index < -0.39 is 0 Å². The Morgan fingerprint density at radius 3 is 1.47 bits per heavy atom. The SMILES string of the molecule is Cc1ccc(C2CC([Se]c3ccccc3)=C([Se]c3ccccc3)C2(c2ccccc2)c2ccccc2)cc1. The number of hydrogen-bond acceptors (Lipinski definition) is 0. The van der Waals surface area contributed by atoms with Crippen LogP contribution >= 0.6 is 0 Å². The van der Waals surface area contributed by atoms with Crippen molar-refractivity contribution in [2.75, 3.05) is 0 Å². The summed E-state index contributed by atoms with van der Waals surface area (Å²) in [5, 5.41) is 0. The predicted molar refractivity (Wildman–Crippen MR) is 163 cm³/mol. The van der Waals surface area contributed by atoms with Crippen molar-refractivity contribution < 1.29 is 0 Å². The molecule has 6 rings (SSSR count). The van der Waals surface area contributed by atoms with Gasteiger partial charge in [0.15, 0.2) is 0 Å². The summed E-state index contributed by atoms with van der Waals surface area (Å²) >= 11 is 0.458. The molecule has 0 radical (unpaired) electrons. The fourth-order valence-electron chi connectivity index (χ4n) is 5.67. The molecule has 0 N–H and O–H groups in total. The van der Waals surface area contributed by atoms with E-state index >= 15 is 0 Å². The van der Waals surface area contributed by atoms with E-state index in [9.17, 15) is 0 Å². The van der Waals surface area contributed by atoms with E-state index in [1.54, 1.807) is 8.94 Å². The van der Waals surface area contributed by atoms with Crippen LogP contribution in [-0.4, -0.2) is 29.9 Å². The first-order valence-electron chi connectivity index (χ1n) is 13.1. The quantitative estimate of drug-likeness (QED) is 0.177. The van der Waals surface area contributed by atoms with Gasteiger partial charge in [0.1, 0.15) is 0 Å². The summed E-state index contributed by atoms with van der Waals surface area (Å²) in [4.78, 5) is 0. The topological polar surface area (TPSA) is 0 Å². The van der Waals surface area contributed by atoms with Crippen LogP contribution in [0.25, 0.3) is 0 Å². The van der Waals surface area contributed by atoms with Gasteiger partial charge in [-0.15, -0.1) is 0 Å². The summed E-state index contributed by atoms with van der Waals surface area (Å²) in [6, 6.07) is 54.3. The number of hydrogen-bond donors (Lipinski definition) is 0. The molecule has 5 aromatic carbocycles. The van der Waals surface area contributed by atoms with Crippen LogP contribution in [0.4, 0.5) is 0 Å². The van der Waals surface area contributed by atoms with E-state index in [4.69, 9.17) is 0 Å². The van der Waals surface area contributed by atoms with Crippen molar-refractivity contribution in [3.05, 3.63) is 177 Å². The van der Waals surface area contributed by atoms with Crippen molar-refractivity contribution >= 4 is 38.8 Å². The zero-order valence-electron chi connectivity index (χ0n) is 21.5. The Morgan fingerprint density at radius 1 is 0.526 bits per heavy atom. The van der Waals surface area contributed by atoms with Crippen LogP contribution in [0.5, 0.6) is 0 Å². The summed E-state index contributed by atoms with van der Waals surface area (Å²) in [5.74, 6) is 0.342. The molecule has 38 heavy (non-hydrogen) atoms. The van der Waals surface area contributed by atoms with Crippen LogP contribution in [0.15, 0.2) is 155 Å². The minimum atomic E-state index is -0.209. The molecule has 1 aliphatic rings. The van der Waals surface area contributed by atoms with Crippen molar-refractivity contribution in [1.82, 2.24) is 0 Å². The Kier molecular flexibility index (Phi) is 7.50. The Bertz CT molecular complexity index is 1470. The molecule has 0 nitrogen and oxygen atoms in total. The maximum atomic E-state index is 2.38. The van der Waals surface area contributed by atoms with Gasteiger partial charge in [-0.3, -0.25) is 0 Å². The van der Waals surface area contributed by atoms with E-state index in [-0.39, 0.29) is 35.3 Å². The molecular weight excluding hydrogens is 590 g/mol. The van der Waals surface area contributed by atoms with Crippen molar-refractivity contribution in [3.8, 4) is 0 Å². The third kappa shape index (κ3) is 4.86. The number of allylic oxidation sites excluding steroid dienone is 2. The second-order valence-electron chi connectivity index (χ2n) is 9.79. The first kappa shape index (κ1) is 25.2. The Labute approximate surface area is 239 Å². The van der Waals surface area contributed by atoms with Crippen LogP contribution in [0.3, 0.4) is 0 Å². The molecule has 0 saturated carbocycles. The Hall–Kier alpha value is -3.12. The van der Waals surface area contributed by atoms with Gasteiger partial charge in [0, 0.05) is 0 Å². The summed E-state index contributed by atoms with van der Waals surface area (Å²) < 4.78 is 6.20. The van der Waals surface area contributed by atoms with Gasteiger partial charge < -0.3 is 0 Å². The molecule has 186 valence electrons. The zero-order chi connectivity index (χ0) is 25.8. The first-order valence-corrected chi connectivity index (χ1v) is 16.5. The van der Waals surface area contributed by atoms with Gasteiger partial charge in [0.05, 0.1) is 0 Å². The van der Waals surface area contributed by atoms with Crippen molar-refractivity contribution in [3.63, 3.8) is 0 Å². The molecular formula is C36H30Se2. The van der Waals surface area contributed by atoms with Gasteiger partial charge in [-0.1, -0.05) is 0 Å². The molecule has 0 heterocycles. The van der Waals surface area contributed by atoms with Crippen molar-refractivity contribution in [1.29, 1.82) is 0 Å². The van der Waals surface area contributed by atoms with Crippen LogP contribution in [0.1, 0.15) is 34.6 Å². The predicted octanol–water partition coefficient (Wildman–Crippen LogP) is 6.74. The molecule has 1 atom stereocenters. The van der Waals surface area contributed by atoms with Crippen LogP contribution < -0.4 is 8.92 Å². The Balaban J connectivity index is 1.65. The summed E-state index contributed by atoms with van der Waals surface area (Å²) in [6.07, 6.45) is 1.09. The van der Waals surface area contributed by atoms with Crippen LogP contribution in [-0.2, 0) is 5.41 Å². The first-order chi connectivity index (χ1) is 18.7. The molecule has 1 unspecified atom stereocenters. The van der Waals surface area contributed by atoms with E-state index in [0.717, 1.165) is 6.42 Å². The molecule has 0 spiro atoms. The number of benzene rings is 5. The van der Waals surface area contributed by atoms with Gasteiger partial charge in [-0.25, -0.2) is 0 Å². The minimum absolute atomic E-state index is 0.193. The van der Waals surface area contributed by atoms with Gasteiger partial charge in [-0.2, -0.15) is 0 Å². The summed E-state index contributed by atoms with van der Waals surface area (Å²) in [7, 11) is 0. The van der Waals surface area contributed by atoms with Gasteiger partial charge in [0.25, 0.3) is 0 Å². The summed E-state index contributed by atoms with van der Waals surface area (Å²) in [5.41, 5.74) is 5.35. The van der Waals surface area contributed by atoms with Gasteiger partial charge >= 0.3 is 240 Å². The average Bonchev–Trinajstić information content (AvgIpc) is 3.29. The van der Waals surface area contributed by atoms with Crippen LogP contribution in [0.2, 0.25) is 0 Å². The van der Waals surface area contributed by atoms with Crippen LogP contribution in [0, 0.1) is 6.92 Å². The molecule has 0 bridgehead atoms. The zero-order valence-corrected chi connectivity index (χ0v) is 24.9. The average molecular weight is 621 g/mol. The Morgan fingerprint density at radius 2 is 0.974 bits per heavy atom. The molecule has 0 saturated heterocycles. The standard InChI is InChI=1S/C36H30Se2/c1-27-22-24-28(25-23-27)33-26-34(37-31-18-10-4-11-19-31)35(38-32-20-12-5-13-21-32)36(33,29-14-6-2-7-15-29)30-16-8-3-9-17-30/h2-25,33H,26H2,1H3. The second-order valence-corrected chi connectivity index (χ2v) is 14.5. The molecule has 5 aromatic rings. The molecule has 0 amide bonds. The van der Waals surface area contributed by atoms with Crippen molar-refractivity contribution in [2.24, 2.45) is 0 Å². The van der Waals surface area contributed by atoms with E-state index in [1.807, 2.05) is 0 Å². The second kappa shape index (κ2) is 11.3. The van der Waals surface area contributed by atoms with E-state index in [0.29, 0.717) is 5.92 Å². The number of rotatable bonds is 7. The monoisotopic (exact) mass is 622 g/mol. The molecule has 1 aliphatic carbocycles.